The molecule has 0 bridgehead atoms. The van der Waals surface area contributed by atoms with E-state index in [1.807, 2.05) is 24.3 Å². The van der Waals surface area contributed by atoms with E-state index in [4.69, 9.17) is 11.6 Å². The molecule has 0 aliphatic rings. The Bertz CT molecular complexity index is 628. The van der Waals surface area contributed by atoms with Gasteiger partial charge in [-0.05, 0) is 41.6 Å². The van der Waals surface area contributed by atoms with E-state index < -0.39 is 0 Å². The predicted molar refractivity (Wildman–Crippen MR) is 75.9 cm³/mol. The lowest BCUT2D eigenvalue weighted by molar-refractivity contribution is -0.396. The van der Waals surface area contributed by atoms with E-state index in [0.717, 1.165) is 27.0 Å². The molecule has 0 fully saturated rings. The maximum absolute atomic E-state index is 5.86. The lowest BCUT2D eigenvalue weighted by Gasteiger charge is -1.96. The number of thioether (sulfide) groups is 1. The fraction of sp³-hybridized carbons (Fsp3) is 0.0714. The van der Waals surface area contributed by atoms with Crippen molar-refractivity contribution < 1.29 is 4.98 Å². The van der Waals surface area contributed by atoms with Crippen molar-refractivity contribution in [2.45, 2.75) is 10.9 Å². The number of fused-ring (bicyclic) bond motifs is 1. The van der Waals surface area contributed by atoms with Crippen molar-refractivity contribution in [1.29, 1.82) is 0 Å². The average Bonchev–Trinajstić information content (AvgIpc) is 2.81. The molecule has 1 heterocycles. The van der Waals surface area contributed by atoms with Crippen molar-refractivity contribution in [2.24, 2.45) is 0 Å². The summed E-state index contributed by atoms with van der Waals surface area (Å²) in [5, 5.41) is 1.85. The fourth-order valence-corrected chi connectivity index (χ4v) is 2.78. The molecular formula is C14H12ClN2S+. The lowest BCUT2D eigenvalue weighted by atomic mass is 10.2. The summed E-state index contributed by atoms with van der Waals surface area (Å²) in [5.41, 5.74) is 3.53. The first kappa shape index (κ1) is 11.6. The number of benzene rings is 2. The summed E-state index contributed by atoms with van der Waals surface area (Å²) in [6, 6.07) is 16.1. The van der Waals surface area contributed by atoms with Crippen molar-refractivity contribution in [3.8, 4) is 0 Å². The van der Waals surface area contributed by atoms with Crippen LogP contribution in [0.2, 0.25) is 5.02 Å². The highest BCUT2D eigenvalue weighted by Crippen LogP contribution is 2.21. The van der Waals surface area contributed by atoms with Crippen molar-refractivity contribution in [2.75, 3.05) is 0 Å². The van der Waals surface area contributed by atoms with Gasteiger partial charge in [-0.2, -0.15) is 0 Å². The van der Waals surface area contributed by atoms with Crippen molar-refractivity contribution in [1.82, 2.24) is 4.98 Å². The van der Waals surface area contributed by atoms with Crippen molar-refractivity contribution in [3.05, 3.63) is 59.1 Å². The molecule has 4 heteroatoms. The van der Waals surface area contributed by atoms with E-state index in [1.165, 1.54) is 5.56 Å². The Labute approximate surface area is 114 Å². The van der Waals surface area contributed by atoms with E-state index >= 15 is 0 Å². The minimum absolute atomic E-state index is 0.779. The first-order chi connectivity index (χ1) is 8.81. The third kappa shape index (κ3) is 2.52. The van der Waals surface area contributed by atoms with Gasteiger partial charge in [0.25, 0.3) is 0 Å². The van der Waals surface area contributed by atoms with Crippen LogP contribution in [0.25, 0.3) is 11.0 Å². The second-order valence-corrected chi connectivity index (χ2v) is 5.46. The maximum atomic E-state index is 5.86. The molecule has 1 aromatic heterocycles. The highest BCUT2D eigenvalue weighted by Gasteiger charge is 2.09. The normalized spacial score (nSPS) is 10.9. The van der Waals surface area contributed by atoms with Gasteiger partial charge in [0.15, 0.2) is 11.0 Å². The summed E-state index contributed by atoms with van der Waals surface area (Å²) in [5.74, 6) is 0.917. The Morgan fingerprint density at radius 1 is 1.06 bits per heavy atom. The molecule has 2 nitrogen and oxygen atoms in total. The second kappa shape index (κ2) is 5.04. The largest absolute Gasteiger partial charge is 0.314 e. The molecule has 0 amide bonds. The van der Waals surface area contributed by atoms with Crippen LogP contribution in [0, 0.1) is 0 Å². The first-order valence-corrected chi connectivity index (χ1v) is 7.05. The zero-order valence-corrected chi connectivity index (χ0v) is 11.2. The summed E-state index contributed by atoms with van der Waals surface area (Å²) >= 11 is 7.61. The number of H-pyrrole nitrogens is 2. The van der Waals surface area contributed by atoms with Gasteiger partial charge < -0.3 is 0 Å². The number of para-hydroxylation sites is 2. The topological polar surface area (TPSA) is 29.9 Å². The lowest BCUT2D eigenvalue weighted by Crippen LogP contribution is -2.00. The third-order valence-corrected chi connectivity index (χ3v) is 3.94. The highest BCUT2D eigenvalue weighted by atomic mass is 35.5. The van der Waals surface area contributed by atoms with E-state index in [-0.39, 0.29) is 0 Å². The van der Waals surface area contributed by atoms with Gasteiger partial charge >= 0.3 is 5.16 Å². The second-order valence-electron chi connectivity index (χ2n) is 4.04. The Hall–Kier alpha value is -1.45. The minimum atomic E-state index is 0.779. The monoisotopic (exact) mass is 275 g/mol. The molecule has 0 radical (unpaired) electrons. The molecule has 0 saturated carbocycles. The zero-order chi connectivity index (χ0) is 12.4. The molecule has 0 aliphatic carbocycles. The summed E-state index contributed by atoms with van der Waals surface area (Å²) in [6.07, 6.45) is 0. The number of aromatic nitrogens is 2. The molecule has 3 rings (SSSR count). The first-order valence-electron chi connectivity index (χ1n) is 5.68. The summed E-state index contributed by atoms with van der Waals surface area (Å²) < 4.78 is 0. The quantitative estimate of drug-likeness (QED) is 0.721. The van der Waals surface area contributed by atoms with Crippen molar-refractivity contribution >= 4 is 34.4 Å². The predicted octanol–water partition coefficient (Wildman–Crippen LogP) is 3.93. The van der Waals surface area contributed by atoms with Crippen LogP contribution in [0.3, 0.4) is 0 Å². The Kier molecular flexibility index (Phi) is 3.26. The van der Waals surface area contributed by atoms with Gasteiger partial charge in [-0.1, -0.05) is 35.9 Å². The number of rotatable bonds is 3. The number of halogens is 1. The molecule has 0 aliphatic heterocycles. The number of hydrogen-bond donors (Lipinski definition) is 1. The SMILES string of the molecule is Clc1ccc(CSc2[nH]c3ccccc3[nH+]2)cc1. The average molecular weight is 276 g/mol. The van der Waals surface area contributed by atoms with Crippen LogP contribution in [0.1, 0.15) is 5.56 Å². The van der Waals surface area contributed by atoms with Gasteiger partial charge in [0.2, 0.25) is 0 Å². The van der Waals surface area contributed by atoms with Crippen LogP contribution < -0.4 is 4.98 Å². The molecule has 18 heavy (non-hydrogen) atoms. The van der Waals surface area contributed by atoms with Gasteiger partial charge in [0.1, 0.15) is 0 Å². The third-order valence-electron chi connectivity index (χ3n) is 2.72. The smallest absolute Gasteiger partial charge is 0.231 e. The Balaban J connectivity index is 1.74. The van der Waals surface area contributed by atoms with E-state index in [1.54, 1.807) is 11.8 Å². The van der Waals surface area contributed by atoms with Gasteiger partial charge in [-0.15, -0.1) is 0 Å². The number of imidazole rings is 1. The van der Waals surface area contributed by atoms with Gasteiger partial charge in [-0.3, -0.25) is 0 Å². The summed E-state index contributed by atoms with van der Waals surface area (Å²) in [7, 11) is 0. The van der Waals surface area contributed by atoms with Gasteiger partial charge in [0, 0.05) is 10.8 Å². The molecule has 0 atom stereocenters. The van der Waals surface area contributed by atoms with E-state index in [9.17, 15) is 0 Å². The molecule has 2 N–H and O–H groups in total. The van der Waals surface area contributed by atoms with Gasteiger partial charge in [-0.25, -0.2) is 9.97 Å². The molecular weight excluding hydrogens is 264 g/mol. The number of nitrogens with one attached hydrogen (secondary N) is 2. The minimum Gasteiger partial charge on any atom is -0.231 e. The van der Waals surface area contributed by atoms with Gasteiger partial charge in [0.05, 0.1) is 0 Å². The van der Waals surface area contributed by atoms with Crippen LogP contribution >= 0.6 is 23.4 Å². The van der Waals surface area contributed by atoms with E-state index in [0.29, 0.717) is 0 Å². The van der Waals surface area contributed by atoms with Crippen LogP contribution in [-0.4, -0.2) is 4.98 Å². The standard InChI is InChI=1S/C14H11ClN2S/c15-11-7-5-10(6-8-11)9-18-14-16-12-3-1-2-4-13(12)17-14/h1-8H,9H2,(H,16,17)/p+1. The van der Waals surface area contributed by atoms with Crippen LogP contribution in [0.5, 0.6) is 0 Å². The molecule has 3 aromatic rings. The molecule has 2 aromatic carbocycles. The Morgan fingerprint density at radius 3 is 2.61 bits per heavy atom. The zero-order valence-electron chi connectivity index (χ0n) is 9.61. The Morgan fingerprint density at radius 2 is 1.83 bits per heavy atom. The molecule has 90 valence electrons. The summed E-state index contributed by atoms with van der Waals surface area (Å²) in [6.45, 7) is 0. The number of aromatic amines is 2. The van der Waals surface area contributed by atoms with Crippen LogP contribution in [-0.2, 0) is 5.75 Å². The molecule has 0 unspecified atom stereocenters. The molecule has 0 spiro atoms. The fourth-order valence-electron chi connectivity index (χ4n) is 1.79. The maximum Gasteiger partial charge on any atom is 0.314 e. The van der Waals surface area contributed by atoms with E-state index in [2.05, 4.69) is 34.2 Å². The molecule has 0 saturated heterocycles. The van der Waals surface area contributed by atoms with Crippen molar-refractivity contribution in [3.63, 3.8) is 0 Å². The van der Waals surface area contributed by atoms with Crippen LogP contribution in [0.4, 0.5) is 0 Å². The van der Waals surface area contributed by atoms with Crippen LogP contribution in [0.15, 0.2) is 53.7 Å². The summed E-state index contributed by atoms with van der Waals surface area (Å²) in [4.78, 5) is 6.72. The number of hydrogen-bond acceptors (Lipinski definition) is 1. The highest BCUT2D eigenvalue weighted by molar-refractivity contribution is 7.98.